The molecule has 0 saturated carbocycles. The van der Waals surface area contributed by atoms with Gasteiger partial charge in [-0.3, -0.25) is 9.59 Å². The summed E-state index contributed by atoms with van der Waals surface area (Å²) >= 11 is 1.47. The van der Waals surface area contributed by atoms with Crippen LogP contribution in [0, 0.1) is 6.92 Å². The summed E-state index contributed by atoms with van der Waals surface area (Å²) in [7, 11) is 0. The minimum Gasteiger partial charge on any atom is -0.352 e. The summed E-state index contributed by atoms with van der Waals surface area (Å²) < 4.78 is 0. The third-order valence-corrected chi connectivity index (χ3v) is 3.84. The summed E-state index contributed by atoms with van der Waals surface area (Å²) in [6.07, 6.45) is 0.280. The summed E-state index contributed by atoms with van der Waals surface area (Å²) in [5.41, 5.74) is 2.90. The van der Waals surface area contributed by atoms with E-state index in [-0.39, 0.29) is 18.2 Å². The maximum Gasteiger partial charge on any atom is 0.252 e. The van der Waals surface area contributed by atoms with Crippen molar-refractivity contribution in [2.24, 2.45) is 0 Å². The first-order chi connectivity index (χ1) is 10.2. The first kappa shape index (κ1) is 15.3. The molecule has 0 atom stereocenters. The number of carbonyl (C=O) groups is 2. The molecule has 0 bridgehead atoms. The molecule has 5 heteroatoms. The van der Waals surface area contributed by atoms with Gasteiger partial charge < -0.3 is 10.6 Å². The van der Waals surface area contributed by atoms with Gasteiger partial charge in [-0.25, -0.2) is 0 Å². The second kappa shape index (κ2) is 7.59. The average molecular weight is 302 g/mol. The van der Waals surface area contributed by atoms with Crippen LogP contribution < -0.4 is 10.6 Å². The molecule has 2 rings (SSSR count). The Bertz CT molecular complexity index is 608. The van der Waals surface area contributed by atoms with Crippen LogP contribution in [-0.4, -0.2) is 18.4 Å². The molecule has 1 aromatic carbocycles. The van der Waals surface area contributed by atoms with Crippen molar-refractivity contribution >= 4 is 23.2 Å². The molecule has 2 N–H and O–H groups in total. The maximum absolute atomic E-state index is 11.7. The minimum atomic E-state index is -0.136. The van der Waals surface area contributed by atoms with Gasteiger partial charge in [-0.05, 0) is 29.5 Å². The Morgan fingerprint density at radius 2 is 1.95 bits per heavy atom. The second-order valence-electron chi connectivity index (χ2n) is 4.72. The van der Waals surface area contributed by atoms with Crippen molar-refractivity contribution in [2.75, 3.05) is 6.54 Å². The molecule has 1 aromatic heterocycles. The lowest BCUT2D eigenvalue weighted by molar-refractivity contribution is -0.121. The molecule has 0 saturated heterocycles. The first-order valence-electron chi connectivity index (χ1n) is 6.78. The van der Waals surface area contributed by atoms with Crippen molar-refractivity contribution in [1.29, 1.82) is 0 Å². The molecule has 0 aliphatic heterocycles. The highest BCUT2D eigenvalue weighted by atomic mass is 32.1. The monoisotopic (exact) mass is 302 g/mol. The Morgan fingerprint density at radius 1 is 1.14 bits per heavy atom. The van der Waals surface area contributed by atoms with E-state index in [9.17, 15) is 9.59 Å². The van der Waals surface area contributed by atoms with E-state index >= 15 is 0 Å². The Labute approximate surface area is 128 Å². The van der Waals surface area contributed by atoms with E-state index in [1.165, 1.54) is 11.3 Å². The van der Waals surface area contributed by atoms with Gasteiger partial charge in [0, 0.05) is 30.5 Å². The van der Waals surface area contributed by atoms with E-state index in [2.05, 4.69) is 10.6 Å². The highest BCUT2D eigenvalue weighted by Gasteiger charge is 2.07. The highest BCUT2D eigenvalue weighted by Crippen LogP contribution is 2.06. The third kappa shape index (κ3) is 4.72. The molecule has 110 valence electrons. The van der Waals surface area contributed by atoms with E-state index in [1.54, 1.807) is 11.4 Å². The van der Waals surface area contributed by atoms with Crippen molar-refractivity contribution in [1.82, 2.24) is 10.6 Å². The SMILES string of the molecule is Cc1ccccc1CNC(=O)CCNC(=O)c1ccsc1. The summed E-state index contributed by atoms with van der Waals surface area (Å²) in [5, 5.41) is 9.23. The van der Waals surface area contributed by atoms with Crippen molar-refractivity contribution in [2.45, 2.75) is 19.9 Å². The summed E-state index contributed by atoms with van der Waals surface area (Å²) in [5.74, 6) is -0.202. The van der Waals surface area contributed by atoms with Gasteiger partial charge in [0.05, 0.1) is 0 Å². The van der Waals surface area contributed by atoms with Crippen molar-refractivity contribution in [3.63, 3.8) is 0 Å². The van der Waals surface area contributed by atoms with Gasteiger partial charge in [-0.2, -0.15) is 11.3 Å². The van der Waals surface area contributed by atoms with Gasteiger partial charge in [0.2, 0.25) is 5.91 Å². The first-order valence-corrected chi connectivity index (χ1v) is 7.72. The lowest BCUT2D eigenvalue weighted by Crippen LogP contribution is -2.30. The van der Waals surface area contributed by atoms with E-state index < -0.39 is 0 Å². The Morgan fingerprint density at radius 3 is 2.67 bits per heavy atom. The minimum absolute atomic E-state index is 0.0659. The van der Waals surface area contributed by atoms with Crippen LogP contribution in [0.25, 0.3) is 0 Å². The number of aryl methyl sites for hydroxylation is 1. The molecule has 0 aliphatic rings. The average Bonchev–Trinajstić information content (AvgIpc) is 3.00. The molecule has 4 nitrogen and oxygen atoms in total. The molecule has 0 spiro atoms. The topological polar surface area (TPSA) is 58.2 Å². The standard InChI is InChI=1S/C16H18N2O2S/c1-12-4-2-3-5-13(12)10-18-15(19)6-8-17-16(20)14-7-9-21-11-14/h2-5,7,9,11H,6,8,10H2,1H3,(H,17,20)(H,18,19). The van der Waals surface area contributed by atoms with Crippen LogP contribution in [-0.2, 0) is 11.3 Å². The maximum atomic E-state index is 11.7. The van der Waals surface area contributed by atoms with Crippen LogP contribution in [0.5, 0.6) is 0 Å². The number of hydrogen-bond acceptors (Lipinski definition) is 3. The predicted molar refractivity (Wildman–Crippen MR) is 84.3 cm³/mol. The fourth-order valence-electron chi connectivity index (χ4n) is 1.88. The Balaban J connectivity index is 1.68. The van der Waals surface area contributed by atoms with Gasteiger partial charge in [0.25, 0.3) is 5.91 Å². The fraction of sp³-hybridized carbons (Fsp3) is 0.250. The molecule has 0 fully saturated rings. The molecule has 2 amide bonds. The van der Waals surface area contributed by atoms with Crippen LogP contribution in [0.4, 0.5) is 0 Å². The normalized spacial score (nSPS) is 10.1. The summed E-state index contributed by atoms with van der Waals surface area (Å²) in [6.45, 7) is 2.88. The van der Waals surface area contributed by atoms with Crippen molar-refractivity contribution < 1.29 is 9.59 Å². The van der Waals surface area contributed by atoms with Crippen LogP contribution in [0.3, 0.4) is 0 Å². The largest absolute Gasteiger partial charge is 0.352 e. The molecule has 1 heterocycles. The lowest BCUT2D eigenvalue weighted by atomic mass is 10.1. The van der Waals surface area contributed by atoms with Gasteiger partial charge >= 0.3 is 0 Å². The Kier molecular flexibility index (Phi) is 5.51. The van der Waals surface area contributed by atoms with Crippen LogP contribution in [0.2, 0.25) is 0 Å². The highest BCUT2D eigenvalue weighted by molar-refractivity contribution is 7.08. The molecule has 21 heavy (non-hydrogen) atoms. The van der Waals surface area contributed by atoms with E-state index in [0.717, 1.165) is 11.1 Å². The van der Waals surface area contributed by atoms with Crippen LogP contribution in [0.15, 0.2) is 41.1 Å². The zero-order valence-electron chi connectivity index (χ0n) is 11.9. The van der Waals surface area contributed by atoms with Gasteiger partial charge in [0.15, 0.2) is 0 Å². The number of amides is 2. The molecular formula is C16H18N2O2S. The van der Waals surface area contributed by atoms with Crippen LogP contribution in [0.1, 0.15) is 27.9 Å². The van der Waals surface area contributed by atoms with E-state index in [4.69, 9.17) is 0 Å². The molecule has 2 aromatic rings. The van der Waals surface area contributed by atoms with E-state index in [0.29, 0.717) is 18.7 Å². The number of benzene rings is 1. The van der Waals surface area contributed by atoms with Gasteiger partial charge in [-0.1, -0.05) is 24.3 Å². The van der Waals surface area contributed by atoms with Gasteiger partial charge in [0.1, 0.15) is 0 Å². The molecule has 0 radical (unpaired) electrons. The number of thiophene rings is 1. The zero-order chi connectivity index (χ0) is 15.1. The van der Waals surface area contributed by atoms with Crippen LogP contribution >= 0.6 is 11.3 Å². The van der Waals surface area contributed by atoms with E-state index in [1.807, 2.05) is 36.6 Å². The molecule has 0 aliphatic carbocycles. The molecular weight excluding hydrogens is 284 g/mol. The molecule has 0 unspecified atom stereocenters. The number of nitrogens with one attached hydrogen (secondary N) is 2. The quantitative estimate of drug-likeness (QED) is 0.861. The third-order valence-electron chi connectivity index (χ3n) is 3.16. The lowest BCUT2D eigenvalue weighted by Gasteiger charge is -2.08. The number of hydrogen-bond donors (Lipinski definition) is 2. The smallest absolute Gasteiger partial charge is 0.252 e. The van der Waals surface area contributed by atoms with Crippen molar-refractivity contribution in [3.05, 3.63) is 57.8 Å². The zero-order valence-corrected chi connectivity index (χ0v) is 12.7. The number of rotatable bonds is 6. The fourth-order valence-corrected chi connectivity index (χ4v) is 2.51. The second-order valence-corrected chi connectivity index (χ2v) is 5.50. The van der Waals surface area contributed by atoms with Gasteiger partial charge in [-0.15, -0.1) is 0 Å². The summed E-state index contributed by atoms with van der Waals surface area (Å²) in [6, 6.07) is 9.70. The van der Waals surface area contributed by atoms with Crippen molar-refractivity contribution in [3.8, 4) is 0 Å². The Hall–Kier alpha value is -2.14. The summed E-state index contributed by atoms with van der Waals surface area (Å²) in [4.78, 5) is 23.4. The predicted octanol–water partition coefficient (Wildman–Crippen LogP) is 2.49. The number of carbonyl (C=O) groups excluding carboxylic acids is 2.